The minimum atomic E-state index is -0.978. The van der Waals surface area contributed by atoms with E-state index in [2.05, 4.69) is 6.92 Å². The molecular formula is C14H25NO3. The maximum absolute atomic E-state index is 11.6. The zero-order valence-corrected chi connectivity index (χ0v) is 11.7. The number of amides is 1. The highest BCUT2D eigenvalue weighted by Crippen LogP contribution is 2.36. The summed E-state index contributed by atoms with van der Waals surface area (Å²) < 4.78 is 0. The summed E-state index contributed by atoms with van der Waals surface area (Å²) in [6.07, 6.45) is 6.38. The Morgan fingerprint density at radius 1 is 1.33 bits per heavy atom. The van der Waals surface area contributed by atoms with Crippen LogP contribution in [0.3, 0.4) is 0 Å². The molecule has 0 aliphatic heterocycles. The Morgan fingerprint density at radius 3 is 2.50 bits per heavy atom. The minimum Gasteiger partial charge on any atom is -0.479 e. The highest BCUT2D eigenvalue weighted by molar-refractivity contribution is 5.85. The van der Waals surface area contributed by atoms with Crippen LogP contribution in [0, 0.1) is 5.92 Å². The summed E-state index contributed by atoms with van der Waals surface area (Å²) in [7, 11) is 1.62. The van der Waals surface area contributed by atoms with Crippen molar-refractivity contribution in [3.05, 3.63) is 0 Å². The number of carboxylic acid groups (broad SMARTS) is 1. The van der Waals surface area contributed by atoms with E-state index < -0.39 is 11.5 Å². The van der Waals surface area contributed by atoms with Crippen molar-refractivity contribution in [2.75, 3.05) is 7.05 Å². The molecule has 0 bridgehead atoms. The lowest BCUT2D eigenvalue weighted by atomic mass is 9.87. The predicted molar refractivity (Wildman–Crippen MR) is 70.3 cm³/mol. The summed E-state index contributed by atoms with van der Waals surface area (Å²) in [5.41, 5.74) is -0.978. The summed E-state index contributed by atoms with van der Waals surface area (Å²) >= 11 is 0. The summed E-state index contributed by atoms with van der Waals surface area (Å²) in [4.78, 5) is 24.6. The van der Waals surface area contributed by atoms with E-state index in [9.17, 15) is 14.7 Å². The molecule has 0 aromatic rings. The van der Waals surface area contributed by atoms with Crippen LogP contribution in [0.15, 0.2) is 0 Å². The monoisotopic (exact) mass is 255 g/mol. The molecule has 18 heavy (non-hydrogen) atoms. The van der Waals surface area contributed by atoms with Crippen LogP contribution in [0.2, 0.25) is 0 Å². The Morgan fingerprint density at radius 2 is 2.00 bits per heavy atom. The van der Waals surface area contributed by atoms with Crippen LogP contribution in [0.1, 0.15) is 58.8 Å². The van der Waals surface area contributed by atoms with E-state index in [1.54, 1.807) is 7.05 Å². The average molecular weight is 255 g/mol. The van der Waals surface area contributed by atoms with Crippen molar-refractivity contribution in [2.24, 2.45) is 5.92 Å². The molecule has 0 saturated heterocycles. The molecule has 4 nitrogen and oxygen atoms in total. The number of carboxylic acids is 1. The fourth-order valence-electron chi connectivity index (χ4n) is 3.09. The molecule has 0 heterocycles. The number of hydrogen-bond acceptors (Lipinski definition) is 2. The second kappa shape index (κ2) is 6.21. The molecule has 4 heteroatoms. The van der Waals surface area contributed by atoms with Crippen molar-refractivity contribution in [3.8, 4) is 0 Å². The molecule has 1 fully saturated rings. The molecule has 1 aliphatic rings. The summed E-state index contributed by atoms with van der Waals surface area (Å²) in [6.45, 7) is 3.61. The Kier molecular flexibility index (Phi) is 5.17. The van der Waals surface area contributed by atoms with Crippen LogP contribution in [0.25, 0.3) is 0 Å². The standard InChI is InChI=1S/C14H25NO3/c1-4-6-12-7-5-9-14(10-8-12,13(17)18)15(3)11(2)16/h12H,4-10H2,1-3H3,(H,17,18). The Labute approximate surface area is 109 Å². The van der Waals surface area contributed by atoms with Crippen molar-refractivity contribution in [2.45, 2.75) is 64.3 Å². The number of rotatable bonds is 4. The van der Waals surface area contributed by atoms with E-state index in [0.717, 1.165) is 25.7 Å². The lowest BCUT2D eigenvalue weighted by Crippen LogP contribution is -2.54. The van der Waals surface area contributed by atoms with Gasteiger partial charge in [0.05, 0.1) is 0 Å². The van der Waals surface area contributed by atoms with Gasteiger partial charge in [0.15, 0.2) is 0 Å². The Hall–Kier alpha value is -1.06. The van der Waals surface area contributed by atoms with Gasteiger partial charge in [-0.05, 0) is 25.2 Å². The normalized spacial score (nSPS) is 28.5. The highest BCUT2D eigenvalue weighted by Gasteiger charge is 2.44. The number of nitrogens with zero attached hydrogens (tertiary/aromatic N) is 1. The number of carbonyl (C=O) groups excluding carboxylic acids is 1. The largest absolute Gasteiger partial charge is 0.479 e. The van der Waals surface area contributed by atoms with E-state index >= 15 is 0 Å². The first-order valence-corrected chi connectivity index (χ1v) is 6.92. The van der Waals surface area contributed by atoms with Crippen LogP contribution in [0.5, 0.6) is 0 Å². The van der Waals surface area contributed by atoms with Crippen molar-refractivity contribution in [1.82, 2.24) is 4.90 Å². The zero-order valence-electron chi connectivity index (χ0n) is 11.7. The van der Waals surface area contributed by atoms with Crippen LogP contribution in [-0.4, -0.2) is 34.5 Å². The zero-order chi connectivity index (χ0) is 13.8. The van der Waals surface area contributed by atoms with Gasteiger partial charge in [-0.25, -0.2) is 4.79 Å². The van der Waals surface area contributed by atoms with Crippen molar-refractivity contribution < 1.29 is 14.7 Å². The molecule has 0 aromatic heterocycles. The van der Waals surface area contributed by atoms with Crippen LogP contribution < -0.4 is 0 Å². The van der Waals surface area contributed by atoms with Gasteiger partial charge in [-0.15, -0.1) is 0 Å². The smallest absolute Gasteiger partial charge is 0.329 e. The maximum Gasteiger partial charge on any atom is 0.329 e. The molecule has 1 aliphatic carbocycles. The van der Waals surface area contributed by atoms with E-state index in [1.807, 2.05) is 0 Å². The highest BCUT2D eigenvalue weighted by atomic mass is 16.4. The molecule has 1 saturated carbocycles. The Bertz CT molecular complexity index is 316. The minimum absolute atomic E-state index is 0.161. The third-order valence-electron chi connectivity index (χ3n) is 4.38. The van der Waals surface area contributed by atoms with Crippen LogP contribution in [0.4, 0.5) is 0 Å². The fourth-order valence-corrected chi connectivity index (χ4v) is 3.09. The SMILES string of the molecule is CCCC1CCCC(C(=O)O)(N(C)C(C)=O)CC1. The van der Waals surface area contributed by atoms with Crippen molar-refractivity contribution >= 4 is 11.9 Å². The predicted octanol–water partition coefficient (Wildman–Crippen LogP) is 2.67. The first-order chi connectivity index (χ1) is 8.44. The average Bonchev–Trinajstić information content (AvgIpc) is 2.52. The Balaban J connectivity index is 2.86. The van der Waals surface area contributed by atoms with Gasteiger partial charge in [0.2, 0.25) is 5.91 Å². The van der Waals surface area contributed by atoms with Gasteiger partial charge in [-0.1, -0.05) is 32.6 Å². The summed E-state index contributed by atoms with van der Waals surface area (Å²) in [6, 6.07) is 0. The fraction of sp³-hybridized carbons (Fsp3) is 0.857. The molecule has 1 rings (SSSR count). The van der Waals surface area contributed by atoms with Gasteiger partial charge in [-0.3, -0.25) is 4.79 Å². The van der Waals surface area contributed by atoms with Gasteiger partial charge in [0.25, 0.3) is 0 Å². The van der Waals surface area contributed by atoms with Gasteiger partial charge in [0, 0.05) is 14.0 Å². The third-order valence-corrected chi connectivity index (χ3v) is 4.38. The molecule has 104 valence electrons. The van der Waals surface area contributed by atoms with Crippen molar-refractivity contribution in [3.63, 3.8) is 0 Å². The van der Waals surface area contributed by atoms with Gasteiger partial charge < -0.3 is 10.0 Å². The molecular weight excluding hydrogens is 230 g/mol. The summed E-state index contributed by atoms with van der Waals surface area (Å²) in [5.74, 6) is -0.389. The molecule has 1 amide bonds. The second-order valence-electron chi connectivity index (χ2n) is 5.50. The first-order valence-electron chi connectivity index (χ1n) is 6.92. The van der Waals surface area contributed by atoms with Crippen LogP contribution in [-0.2, 0) is 9.59 Å². The van der Waals surface area contributed by atoms with Crippen molar-refractivity contribution in [1.29, 1.82) is 0 Å². The number of likely N-dealkylation sites (N-methyl/N-ethyl adjacent to an activating group) is 1. The van der Waals surface area contributed by atoms with Gasteiger partial charge in [-0.2, -0.15) is 0 Å². The molecule has 2 atom stereocenters. The quantitative estimate of drug-likeness (QED) is 0.786. The number of aliphatic carboxylic acids is 1. The number of carbonyl (C=O) groups is 2. The van der Waals surface area contributed by atoms with E-state index in [0.29, 0.717) is 18.8 Å². The van der Waals surface area contributed by atoms with Crippen LogP contribution >= 0.6 is 0 Å². The van der Waals surface area contributed by atoms with Gasteiger partial charge in [0.1, 0.15) is 5.54 Å². The third kappa shape index (κ3) is 3.03. The summed E-state index contributed by atoms with van der Waals surface area (Å²) in [5, 5.41) is 9.56. The molecule has 0 radical (unpaired) electrons. The first kappa shape index (κ1) is 15.0. The number of hydrogen-bond donors (Lipinski definition) is 1. The van der Waals surface area contributed by atoms with E-state index in [-0.39, 0.29) is 5.91 Å². The molecule has 0 aromatic carbocycles. The lowest BCUT2D eigenvalue weighted by Gasteiger charge is -2.37. The van der Waals surface area contributed by atoms with E-state index in [1.165, 1.54) is 18.2 Å². The van der Waals surface area contributed by atoms with E-state index in [4.69, 9.17) is 0 Å². The maximum atomic E-state index is 11.6. The lowest BCUT2D eigenvalue weighted by molar-refractivity contribution is -0.158. The van der Waals surface area contributed by atoms with Gasteiger partial charge >= 0.3 is 5.97 Å². The topological polar surface area (TPSA) is 57.6 Å². The second-order valence-corrected chi connectivity index (χ2v) is 5.50. The molecule has 1 N–H and O–H groups in total. The molecule has 2 unspecified atom stereocenters. The molecule has 0 spiro atoms.